The quantitative estimate of drug-likeness (QED) is 0.132. The Morgan fingerprint density at radius 3 is 2.39 bits per heavy atom. The molecule has 2 aliphatic rings. The zero-order valence-corrected chi connectivity index (χ0v) is 34.9. The maximum absolute atomic E-state index is 15.3. The molecule has 5 heterocycles. The number of anilines is 1. The first-order valence-corrected chi connectivity index (χ1v) is 20.4. The van der Waals surface area contributed by atoms with Gasteiger partial charge in [-0.15, -0.1) is 0 Å². The number of fused-ring (bicyclic) bond motifs is 4. The molecule has 11 nitrogen and oxygen atoms in total. The Morgan fingerprint density at radius 2 is 1.70 bits per heavy atom. The van der Waals surface area contributed by atoms with Crippen LogP contribution < -0.4 is 15.4 Å². The first kappa shape index (κ1) is 39.0. The molecule has 0 bridgehead atoms. The molecule has 3 aromatic carbocycles. The van der Waals surface area contributed by atoms with Crippen molar-refractivity contribution in [2.45, 2.75) is 60.0 Å². The van der Waals surface area contributed by atoms with E-state index < -0.39 is 5.91 Å². The summed E-state index contributed by atoms with van der Waals surface area (Å²) in [6.07, 6.45) is 3.34. The molecule has 2 N–H and O–H groups in total. The van der Waals surface area contributed by atoms with Gasteiger partial charge in [0.15, 0.2) is 0 Å². The fraction of sp³-hybridized carbons (Fsp3) is 0.386. The van der Waals surface area contributed by atoms with E-state index in [1.165, 1.54) is 0 Å². The van der Waals surface area contributed by atoms with E-state index in [1.807, 2.05) is 67.7 Å². The number of aromatic nitrogens is 4. The molecule has 13 heteroatoms. The van der Waals surface area contributed by atoms with Gasteiger partial charge in [-0.05, 0) is 101 Å². The monoisotopic (exact) mass is 809 g/mol. The highest BCUT2D eigenvalue weighted by molar-refractivity contribution is 6.35. The van der Waals surface area contributed by atoms with Crippen LogP contribution in [0.4, 0.5) is 5.69 Å². The van der Waals surface area contributed by atoms with E-state index in [1.54, 1.807) is 6.07 Å². The lowest BCUT2D eigenvalue weighted by molar-refractivity contribution is 0.0365. The van der Waals surface area contributed by atoms with Gasteiger partial charge in [-0.25, -0.2) is 0 Å². The number of carbonyl (C=O) groups excluding carboxylic acids is 2. The molecular formula is C44H49Cl2N7O4. The summed E-state index contributed by atoms with van der Waals surface area (Å²) in [4.78, 5) is 32.0. The SMILES string of the molecule is Cc1cc(OCCCc2c3n(c4c(-c5c(C)nn(C)c5C)c(Cl)ccc24)[C@H](C)CN(c2cn(CCN4CCOCC4)c4cc(C(N)=O)ccc24)C3=O)cc(C)c1Cl. The van der Waals surface area contributed by atoms with E-state index >= 15 is 4.79 Å². The Labute approximate surface area is 342 Å². The van der Waals surface area contributed by atoms with Crippen LogP contribution >= 0.6 is 23.2 Å². The largest absolute Gasteiger partial charge is 0.494 e. The molecule has 3 aromatic heterocycles. The van der Waals surface area contributed by atoms with Gasteiger partial charge in [0, 0.05) is 90.2 Å². The molecule has 0 saturated carbocycles. The number of rotatable bonds is 11. The van der Waals surface area contributed by atoms with Gasteiger partial charge in [0.25, 0.3) is 5.91 Å². The highest BCUT2D eigenvalue weighted by atomic mass is 35.5. The number of aryl methyl sites for hydroxylation is 5. The summed E-state index contributed by atoms with van der Waals surface area (Å²) in [5.41, 5.74) is 16.1. The van der Waals surface area contributed by atoms with Crippen LogP contribution in [0.25, 0.3) is 32.9 Å². The van der Waals surface area contributed by atoms with Gasteiger partial charge in [-0.1, -0.05) is 29.3 Å². The number of primary amides is 1. The summed E-state index contributed by atoms with van der Waals surface area (Å²) < 4.78 is 18.1. The van der Waals surface area contributed by atoms with E-state index in [0.29, 0.717) is 62.0 Å². The van der Waals surface area contributed by atoms with Crippen LogP contribution in [0, 0.1) is 27.7 Å². The van der Waals surface area contributed by atoms with Crippen LogP contribution in [0.5, 0.6) is 5.75 Å². The van der Waals surface area contributed by atoms with Crippen molar-refractivity contribution in [3.05, 3.63) is 98.0 Å². The summed E-state index contributed by atoms with van der Waals surface area (Å²) in [6, 6.07) is 13.3. The van der Waals surface area contributed by atoms with Crippen LogP contribution in [-0.2, 0) is 24.8 Å². The minimum absolute atomic E-state index is 0.0860. The van der Waals surface area contributed by atoms with Crippen molar-refractivity contribution in [3.8, 4) is 16.9 Å². The number of nitrogens with zero attached hydrogens (tertiary/aromatic N) is 6. The van der Waals surface area contributed by atoms with Crippen LogP contribution in [0.3, 0.4) is 0 Å². The van der Waals surface area contributed by atoms with E-state index in [9.17, 15) is 4.79 Å². The number of hydrogen-bond donors (Lipinski definition) is 1. The zero-order valence-electron chi connectivity index (χ0n) is 33.4. The van der Waals surface area contributed by atoms with Gasteiger partial charge < -0.3 is 29.2 Å². The third-order valence-electron chi connectivity index (χ3n) is 11.8. The minimum Gasteiger partial charge on any atom is -0.494 e. The molecule has 0 aliphatic carbocycles. The smallest absolute Gasteiger partial charge is 0.275 e. The second-order valence-corrected chi connectivity index (χ2v) is 16.3. The molecule has 6 aromatic rings. The van der Waals surface area contributed by atoms with Gasteiger partial charge in [0.2, 0.25) is 5.91 Å². The molecule has 1 fully saturated rings. The second kappa shape index (κ2) is 15.5. The van der Waals surface area contributed by atoms with Crippen molar-refractivity contribution in [1.29, 1.82) is 0 Å². The second-order valence-electron chi connectivity index (χ2n) is 15.5. The van der Waals surface area contributed by atoms with Gasteiger partial charge in [0.05, 0.1) is 47.3 Å². The standard InChI is InChI=1S/C44H49Cl2N7O4/c1-25-20-31(21-26(2)40(25)46)57-17-7-8-32-33-11-12-35(45)39(38-28(4)48-49(6)29(38)5)41(33)53-27(3)23-52(44(55)42(32)53)37-24-51(14-13-50-15-18-56-19-16-50)36-22-30(43(47)54)9-10-34(36)37/h9-12,20-22,24,27H,7-8,13-19,23H2,1-6H3,(H2,47,54)/t27-/m1/s1. The number of hydrogen-bond acceptors (Lipinski definition) is 6. The number of amides is 2. The summed E-state index contributed by atoms with van der Waals surface area (Å²) >= 11 is 13.6. The maximum Gasteiger partial charge on any atom is 0.275 e. The fourth-order valence-corrected chi connectivity index (χ4v) is 9.19. The Kier molecular flexibility index (Phi) is 10.6. The molecule has 8 rings (SSSR count). The Hall–Kier alpha value is -4.81. The van der Waals surface area contributed by atoms with Crippen molar-refractivity contribution in [2.24, 2.45) is 12.8 Å². The molecule has 2 amide bonds. The lowest BCUT2D eigenvalue weighted by Gasteiger charge is -2.34. The van der Waals surface area contributed by atoms with E-state index in [4.69, 9.17) is 43.5 Å². The topological polar surface area (TPSA) is 113 Å². The van der Waals surface area contributed by atoms with Crippen LogP contribution in [0.15, 0.2) is 48.7 Å². The van der Waals surface area contributed by atoms with Crippen LogP contribution in [0.1, 0.15) is 68.3 Å². The summed E-state index contributed by atoms with van der Waals surface area (Å²) in [5, 5.41) is 7.99. The minimum atomic E-state index is -0.491. The number of morpholine rings is 1. The molecule has 1 atom stereocenters. The number of halogens is 2. The molecule has 57 heavy (non-hydrogen) atoms. The Morgan fingerprint density at radius 1 is 0.982 bits per heavy atom. The van der Waals surface area contributed by atoms with Crippen molar-refractivity contribution in [1.82, 2.24) is 23.8 Å². The maximum atomic E-state index is 15.3. The lowest BCUT2D eigenvalue weighted by atomic mass is 9.98. The van der Waals surface area contributed by atoms with Crippen LogP contribution in [0.2, 0.25) is 10.0 Å². The third kappa shape index (κ3) is 6.98. The highest BCUT2D eigenvalue weighted by Crippen LogP contribution is 2.46. The number of ether oxygens (including phenoxy) is 2. The molecule has 1 saturated heterocycles. The predicted molar refractivity (Wildman–Crippen MR) is 227 cm³/mol. The summed E-state index contributed by atoms with van der Waals surface area (Å²) in [5.74, 6) is 0.197. The Bertz CT molecular complexity index is 2540. The van der Waals surface area contributed by atoms with Crippen molar-refractivity contribution < 1.29 is 19.1 Å². The fourth-order valence-electron chi connectivity index (χ4n) is 8.84. The van der Waals surface area contributed by atoms with Gasteiger partial charge in [0.1, 0.15) is 11.4 Å². The predicted octanol–water partition coefficient (Wildman–Crippen LogP) is 8.20. The zero-order chi connectivity index (χ0) is 40.3. The molecule has 0 spiro atoms. The molecule has 0 radical (unpaired) electrons. The number of carbonyl (C=O) groups is 2. The highest BCUT2D eigenvalue weighted by Gasteiger charge is 2.38. The average Bonchev–Trinajstić information content (AvgIpc) is 3.81. The number of nitrogens with two attached hydrogens (primary N) is 1. The normalized spacial score (nSPS) is 16.2. The third-order valence-corrected chi connectivity index (χ3v) is 12.7. The van der Waals surface area contributed by atoms with Crippen molar-refractivity contribution in [2.75, 3.05) is 50.9 Å². The van der Waals surface area contributed by atoms with E-state index in [-0.39, 0.29) is 11.9 Å². The molecule has 2 aliphatic heterocycles. The summed E-state index contributed by atoms with van der Waals surface area (Å²) in [6.45, 7) is 15.7. The average molecular weight is 811 g/mol. The lowest BCUT2D eigenvalue weighted by Crippen LogP contribution is -2.42. The summed E-state index contributed by atoms with van der Waals surface area (Å²) in [7, 11) is 1.94. The Balaban J connectivity index is 1.23. The first-order chi connectivity index (χ1) is 27.3. The number of benzene rings is 3. The van der Waals surface area contributed by atoms with Crippen molar-refractivity contribution in [3.63, 3.8) is 0 Å². The first-order valence-electron chi connectivity index (χ1n) is 19.6. The van der Waals surface area contributed by atoms with Gasteiger partial charge in [-0.3, -0.25) is 19.2 Å². The van der Waals surface area contributed by atoms with Crippen LogP contribution in [-0.4, -0.2) is 81.6 Å². The van der Waals surface area contributed by atoms with Gasteiger partial charge >= 0.3 is 0 Å². The van der Waals surface area contributed by atoms with E-state index in [2.05, 4.69) is 40.1 Å². The van der Waals surface area contributed by atoms with E-state index in [0.717, 1.165) is 97.1 Å². The van der Waals surface area contributed by atoms with Crippen molar-refractivity contribution >= 4 is 62.5 Å². The molecule has 0 unspecified atom stereocenters. The molecular weight excluding hydrogens is 761 g/mol. The van der Waals surface area contributed by atoms with Gasteiger partial charge in [-0.2, -0.15) is 5.10 Å². The molecule has 298 valence electrons.